The molecule has 1 fully saturated rings. The van der Waals surface area contributed by atoms with Gasteiger partial charge in [0.15, 0.2) is 0 Å². The van der Waals surface area contributed by atoms with Crippen LogP contribution >= 0.6 is 0 Å². The van der Waals surface area contributed by atoms with E-state index < -0.39 is 10.0 Å². The summed E-state index contributed by atoms with van der Waals surface area (Å²) < 4.78 is 29.3. The highest BCUT2D eigenvalue weighted by Gasteiger charge is 2.31. The standard InChI is InChI=1S/C30H35N3O3S/c1-2-22-10-15-27(16-11-22)37(35,36)32-29-17-13-24-12-14-26(19-28(24)29)33(21-23-7-6-18-31-20-23)30(34)25-8-4-3-5-9-25/h6-7,10-12,14-16,18-20,25,29,32H,2-5,8-9,13,17,21H2,1H3. The Morgan fingerprint density at radius 1 is 1.00 bits per heavy atom. The molecule has 1 aromatic heterocycles. The number of aryl methyl sites for hydroxylation is 2. The van der Waals surface area contributed by atoms with Crippen LogP contribution in [0.2, 0.25) is 0 Å². The van der Waals surface area contributed by atoms with Gasteiger partial charge in [0.25, 0.3) is 0 Å². The third kappa shape index (κ3) is 5.78. The molecule has 0 radical (unpaired) electrons. The molecular formula is C30H35N3O3S. The Bertz CT molecular complexity index is 1330. The second-order valence-corrected chi connectivity index (χ2v) is 11.9. The Kier molecular flexibility index (Phi) is 7.72. The summed E-state index contributed by atoms with van der Waals surface area (Å²) in [6.45, 7) is 2.49. The summed E-state index contributed by atoms with van der Waals surface area (Å²) in [5.41, 5.74) is 4.98. The van der Waals surface area contributed by atoms with E-state index in [-0.39, 0.29) is 22.8 Å². The molecule has 0 bridgehead atoms. The zero-order chi connectivity index (χ0) is 25.8. The molecule has 6 nitrogen and oxygen atoms in total. The van der Waals surface area contributed by atoms with E-state index in [0.717, 1.165) is 66.5 Å². The number of amides is 1. The van der Waals surface area contributed by atoms with Crippen LogP contribution in [0.25, 0.3) is 0 Å². The van der Waals surface area contributed by atoms with Gasteiger partial charge in [-0.2, -0.15) is 0 Å². The maximum atomic E-state index is 13.7. The molecule has 194 valence electrons. The number of anilines is 1. The third-order valence-corrected chi connectivity index (χ3v) is 9.23. The van der Waals surface area contributed by atoms with Gasteiger partial charge in [-0.15, -0.1) is 0 Å². The molecule has 1 atom stereocenters. The fourth-order valence-electron chi connectivity index (χ4n) is 5.58. The Morgan fingerprint density at radius 3 is 2.49 bits per heavy atom. The number of carbonyl (C=O) groups excluding carboxylic acids is 1. The molecule has 1 unspecified atom stereocenters. The van der Waals surface area contributed by atoms with Crippen LogP contribution < -0.4 is 9.62 Å². The molecule has 0 aliphatic heterocycles. The van der Waals surface area contributed by atoms with Crippen molar-refractivity contribution >= 4 is 21.6 Å². The quantitative estimate of drug-likeness (QED) is 0.414. The number of hydrogen-bond donors (Lipinski definition) is 1. The fraction of sp³-hybridized carbons (Fsp3) is 0.400. The highest BCUT2D eigenvalue weighted by Crippen LogP contribution is 2.37. The number of nitrogens with zero attached hydrogens (tertiary/aromatic N) is 2. The van der Waals surface area contributed by atoms with Crippen LogP contribution in [0.1, 0.15) is 73.7 Å². The first-order valence-electron chi connectivity index (χ1n) is 13.4. The average molecular weight is 518 g/mol. The van der Waals surface area contributed by atoms with Gasteiger partial charge in [0, 0.05) is 30.0 Å². The molecule has 37 heavy (non-hydrogen) atoms. The predicted molar refractivity (Wildman–Crippen MR) is 146 cm³/mol. The Balaban J connectivity index is 1.43. The molecule has 0 spiro atoms. The molecular weight excluding hydrogens is 482 g/mol. The summed E-state index contributed by atoms with van der Waals surface area (Å²) in [4.78, 5) is 20.1. The van der Waals surface area contributed by atoms with Crippen molar-refractivity contribution in [3.05, 3.63) is 89.2 Å². The van der Waals surface area contributed by atoms with Gasteiger partial charge < -0.3 is 4.90 Å². The number of carbonyl (C=O) groups is 1. The van der Waals surface area contributed by atoms with Crippen molar-refractivity contribution in [3.63, 3.8) is 0 Å². The van der Waals surface area contributed by atoms with Gasteiger partial charge in [0.2, 0.25) is 15.9 Å². The van der Waals surface area contributed by atoms with Crippen LogP contribution in [-0.2, 0) is 34.2 Å². The molecule has 3 aromatic rings. The third-order valence-electron chi connectivity index (χ3n) is 7.74. The maximum Gasteiger partial charge on any atom is 0.241 e. The Morgan fingerprint density at radius 2 is 1.78 bits per heavy atom. The molecule has 1 heterocycles. The molecule has 0 saturated heterocycles. The van der Waals surface area contributed by atoms with Crippen molar-refractivity contribution in [1.82, 2.24) is 9.71 Å². The monoisotopic (exact) mass is 517 g/mol. The number of nitrogens with one attached hydrogen (secondary N) is 1. The predicted octanol–water partition coefficient (Wildman–Crippen LogP) is 5.72. The van der Waals surface area contributed by atoms with E-state index >= 15 is 0 Å². The van der Waals surface area contributed by atoms with Crippen LogP contribution in [0.5, 0.6) is 0 Å². The van der Waals surface area contributed by atoms with Crippen LogP contribution in [0.4, 0.5) is 5.69 Å². The minimum absolute atomic E-state index is 0.0269. The van der Waals surface area contributed by atoms with Crippen molar-refractivity contribution in [2.75, 3.05) is 4.90 Å². The summed E-state index contributed by atoms with van der Waals surface area (Å²) in [6.07, 6.45) is 11.1. The largest absolute Gasteiger partial charge is 0.308 e. The minimum Gasteiger partial charge on any atom is -0.308 e. The first-order chi connectivity index (χ1) is 17.9. The zero-order valence-electron chi connectivity index (χ0n) is 21.4. The van der Waals surface area contributed by atoms with E-state index in [4.69, 9.17) is 0 Å². The number of sulfonamides is 1. The van der Waals surface area contributed by atoms with Gasteiger partial charge in [0.1, 0.15) is 0 Å². The lowest BCUT2D eigenvalue weighted by Gasteiger charge is -2.30. The smallest absolute Gasteiger partial charge is 0.241 e. The number of pyridine rings is 1. The zero-order valence-corrected chi connectivity index (χ0v) is 22.2. The van der Waals surface area contributed by atoms with E-state index in [1.807, 2.05) is 48.2 Å². The molecule has 5 rings (SSSR count). The highest BCUT2D eigenvalue weighted by atomic mass is 32.2. The van der Waals surface area contributed by atoms with Gasteiger partial charge in [-0.05, 0) is 84.7 Å². The Labute approximate surface area is 220 Å². The maximum absolute atomic E-state index is 13.7. The number of hydrogen-bond acceptors (Lipinski definition) is 4. The number of benzene rings is 2. The summed E-state index contributed by atoms with van der Waals surface area (Å²) in [5, 5.41) is 0. The summed E-state index contributed by atoms with van der Waals surface area (Å²) in [5.74, 6) is 0.175. The van der Waals surface area contributed by atoms with Crippen molar-refractivity contribution in [2.45, 2.75) is 75.8 Å². The van der Waals surface area contributed by atoms with Crippen LogP contribution in [0, 0.1) is 5.92 Å². The molecule has 2 aliphatic carbocycles. The van der Waals surface area contributed by atoms with E-state index in [1.54, 1.807) is 24.5 Å². The fourth-order valence-corrected chi connectivity index (χ4v) is 6.83. The topological polar surface area (TPSA) is 79.4 Å². The number of rotatable bonds is 8. The van der Waals surface area contributed by atoms with E-state index in [9.17, 15) is 13.2 Å². The van der Waals surface area contributed by atoms with E-state index in [2.05, 4.69) is 15.8 Å². The average Bonchev–Trinajstić information content (AvgIpc) is 3.33. The summed E-state index contributed by atoms with van der Waals surface area (Å²) >= 11 is 0. The Hall–Kier alpha value is -3.03. The second kappa shape index (κ2) is 11.2. The van der Waals surface area contributed by atoms with Crippen LogP contribution in [0.3, 0.4) is 0 Å². The lowest BCUT2D eigenvalue weighted by atomic mass is 9.88. The van der Waals surface area contributed by atoms with E-state index in [0.29, 0.717) is 13.0 Å². The first-order valence-corrected chi connectivity index (χ1v) is 14.9. The molecule has 1 N–H and O–H groups in total. The summed E-state index contributed by atoms with van der Waals surface area (Å²) in [7, 11) is -3.67. The summed E-state index contributed by atoms with van der Waals surface area (Å²) in [6, 6.07) is 16.7. The second-order valence-electron chi connectivity index (χ2n) is 10.2. The van der Waals surface area contributed by atoms with Crippen molar-refractivity contribution in [2.24, 2.45) is 5.92 Å². The lowest BCUT2D eigenvalue weighted by molar-refractivity contribution is -0.123. The molecule has 1 amide bonds. The van der Waals surface area contributed by atoms with E-state index in [1.165, 1.54) is 6.42 Å². The van der Waals surface area contributed by atoms with Gasteiger partial charge in [0.05, 0.1) is 11.4 Å². The van der Waals surface area contributed by atoms with Gasteiger partial charge >= 0.3 is 0 Å². The molecule has 7 heteroatoms. The van der Waals surface area contributed by atoms with Crippen molar-refractivity contribution in [1.29, 1.82) is 0 Å². The highest BCUT2D eigenvalue weighted by molar-refractivity contribution is 7.89. The minimum atomic E-state index is -3.67. The molecule has 1 saturated carbocycles. The van der Waals surface area contributed by atoms with Gasteiger partial charge in [-0.3, -0.25) is 9.78 Å². The number of fused-ring (bicyclic) bond motifs is 1. The van der Waals surface area contributed by atoms with Gasteiger partial charge in [-0.1, -0.05) is 50.5 Å². The van der Waals surface area contributed by atoms with Gasteiger partial charge in [-0.25, -0.2) is 13.1 Å². The molecule has 2 aliphatic rings. The van der Waals surface area contributed by atoms with Crippen LogP contribution in [0.15, 0.2) is 71.9 Å². The lowest BCUT2D eigenvalue weighted by Crippen LogP contribution is -2.37. The normalized spacial score (nSPS) is 17.9. The van der Waals surface area contributed by atoms with Crippen molar-refractivity contribution in [3.8, 4) is 0 Å². The first kappa shape index (κ1) is 25.6. The number of aromatic nitrogens is 1. The van der Waals surface area contributed by atoms with Crippen molar-refractivity contribution < 1.29 is 13.2 Å². The van der Waals surface area contributed by atoms with Crippen LogP contribution in [-0.4, -0.2) is 19.3 Å². The SMILES string of the molecule is CCc1ccc(S(=O)(=O)NC2CCc3ccc(N(Cc4cccnc4)C(=O)C4CCCCC4)cc32)cc1. The molecule has 2 aromatic carbocycles.